The van der Waals surface area contributed by atoms with Crippen LogP contribution in [0.2, 0.25) is 0 Å². The number of carbonyl (C=O) groups excluding carboxylic acids is 1. The van der Waals surface area contributed by atoms with E-state index in [4.69, 9.17) is 9.47 Å². The quantitative estimate of drug-likeness (QED) is 0.495. The largest absolute Gasteiger partial charge is 0.379 e. The Labute approximate surface area is 128 Å². The average molecular weight is 305 g/mol. The molecule has 0 rings (SSSR count). The lowest BCUT2D eigenvalue weighted by molar-refractivity contribution is 0.0541. The molecule has 0 heterocycles. The minimum absolute atomic E-state index is 0.0614. The zero-order valence-electron chi connectivity index (χ0n) is 13.1. The highest BCUT2D eigenvalue weighted by Gasteiger charge is 2.00. The molecular weight excluding hydrogens is 274 g/mol. The van der Waals surface area contributed by atoms with E-state index in [9.17, 15) is 4.79 Å². The van der Waals surface area contributed by atoms with Crippen LogP contribution in [-0.4, -0.2) is 44.0 Å². The number of amides is 1. The van der Waals surface area contributed by atoms with E-state index in [0.717, 1.165) is 26.0 Å². The van der Waals surface area contributed by atoms with Gasteiger partial charge in [0.1, 0.15) is 0 Å². The van der Waals surface area contributed by atoms with Gasteiger partial charge < -0.3 is 14.8 Å². The Bertz CT molecular complexity index is 215. The first-order valence-corrected chi connectivity index (χ1v) is 8.85. The average Bonchev–Trinajstić information content (AvgIpc) is 2.45. The third kappa shape index (κ3) is 15.8. The second kappa shape index (κ2) is 16.8. The van der Waals surface area contributed by atoms with Gasteiger partial charge in [0.15, 0.2) is 0 Å². The first kappa shape index (κ1) is 19.7. The Balaban J connectivity index is 3.12. The van der Waals surface area contributed by atoms with E-state index < -0.39 is 0 Å². The van der Waals surface area contributed by atoms with E-state index in [1.165, 1.54) is 37.4 Å². The minimum Gasteiger partial charge on any atom is -0.379 e. The summed E-state index contributed by atoms with van der Waals surface area (Å²) in [6.07, 6.45) is 7.15. The van der Waals surface area contributed by atoms with E-state index in [1.807, 2.05) is 0 Å². The van der Waals surface area contributed by atoms with Gasteiger partial charge in [-0.3, -0.25) is 4.79 Å². The molecule has 0 saturated heterocycles. The highest BCUT2D eigenvalue weighted by atomic mass is 32.2. The number of ether oxygens (including phenoxy) is 2. The lowest BCUT2D eigenvalue weighted by atomic mass is 10.1. The summed E-state index contributed by atoms with van der Waals surface area (Å²) in [6.45, 7) is 7.72. The molecule has 0 aliphatic heterocycles. The Morgan fingerprint density at radius 1 is 0.900 bits per heavy atom. The van der Waals surface area contributed by atoms with Gasteiger partial charge in [-0.2, -0.15) is 0 Å². The molecule has 0 radical (unpaired) electrons. The van der Waals surface area contributed by atoms with Crippen LogP contribution >= 0.6 is 11.8 Å². The molecule has 4 nitrogen and oxygen atoms in total. The van der Waals surface area contributed by atoms with E-state index in [2.05, 4.69) is 19.2 Å². The lowest BCUT2D eigenvalue weighted by Crippen LogP contribution is -2.20. The molecule has 0 unspecified atom stereocenters. The minimum atomic E-state index is 0.0614. The van der Waals surface area contributed by atoms with Crippen molar-refractivity contribution in [2.24, 2.45) is 0 Å². The van der Waals surface area contributed by atoms with Crippen molar-refractivity contribution < 1.29 is 14.3 Å². The van der Waals surface area contributed by atoms with Gasteiger partial charge in [-0.25, -0.2) is 0 Å². The van der Waals surface area contributed by atoms with E-state index in [-0.39, 0.29) is 5.24 Å². The molecule has 0 aromatic rings. The van der Waals surface area contributed by atoms with Gasteiger partial charge in [0.25, 0.3) is 5.24 Å². The van der Waals surface area contributed by atoms with E-state index >= 15 is 0 Å². The van der Waals surface area contributed by atoms with Crippen molar-refractivity contribution in [2.45, 2.75) is 52.4 Å². The Hall–Kier alpha value is -0.260. The highest BCUT2D eigenvalue weighted by molar-refractivity contribution is 8.13. The number of nitrogens with one attached hydrogen (secondary N) is 1. The van der Waals surface area contributed by atoms with E-state index in [1.54, 1.807) is 0 Å². The number of hydrogen-bond acceptors (Lipinski definition) is 4. The van der Waals surface area contributed by atoms with Crippen molar-refractivity contribution in [3.05, 3.63) is 0 Å². The maximum Gasteiger partial charge on any atom is 0.279 e. The summed E-state index contributed by atoms with van der Waals surface area (Å²) in [5.41, 5.74) is 0. The summed E-state index contributed by atoms with van der Waals surface area (Å²) in [4.78, 5) is 11.5. The number of hydrogen-bond donors (Lipinski definition) is 1. The smallest absolute Gasteiger partial charge is 0.279 e. The van der Waals surface area contributed by atoms with Crippen LogP contribution in [0.1, 0.15) is 52.4 Å². The Morgan fingerprint density at radius 2 is 1.60 bits per heavy atom. The molecule has 1 amide bonds. The third-order valence-electron chi connectivity index (χ3n) is 2.73. The van der Waals surface area contributed by atoms with Crippen LogP contribution in [0.25, 0.3) is 0 Å². The first-order chi connectivity index (χ1) is 9.81. The summed E-state index contributed by atoms with van der Waals surface area (Å²) >= 11 is 1.30. The highest BCUT2D eigenvalue weighted by Crippen LogP contribution is 2.03. The number of carbonyl (C=O) groups is 1. The molecule has 0 spiro atoms. The van der Waals surface area contributed by atoms with Crippen molar-refractivity contribution in [1.29, 1.82) is 0 Å². The molecule has 120 valence electrons. The molecule has 20 heavy (non-hydrogen) atoms. The fraction of sp³-hybridized carbons (Fsp3) is 0.933. The molecule has 0 aromatic heterocycles. The SMILES string of the molecule is CCCCCCCNC(=O)SCCOCCOCCC. The molecule has 0 atom stereocenters. The van der Waals surface area contributed by atoms with E-state index in [0.29, 0.717) is 25.6 Å². The maximum absolute atomic E-state index is 11.5. The van der Waals surface area contributed by atoms with Crippen molar-refractivity contribution in [3.63, 3.8) is 0 Å². The van der Waals surface area contributed by atoms with Crippen LogP contribution in [-0.2, 0) is 9.47 Å². The van der Waals surface area contributed by atoms with Gasteiger partial charge in [-0.05, 0) is 12.8 Å². The fourth-order valence-corrected chi connectivity index (χ4v) is 2.22. The number of rotatable bonds is 14. The van der Waals surface area contributed by atoms with Crippen LogP contribution in [0.4, 0.5) is 4.79 Å². The van der Waals surface area contributed by atoms with Crippen LogP contribution in [0.3, 0.4) is 0 Å². The topological polar surface area (TPSA) is 47.6 Å². The van der Waals surface area contributed by atoms with Crippen LogP contribution < -0.4 is 5.32 Å². The maximum atomic E-state index is 11.5. The molecular formula is C15H31NO3S. The van der Waals surface area contributed by atoms with Crippen LogP contribution in [0, 0.1) is 0 Å². The van der Waals surface area contributed by atoms with Gasteiger partial charge in [-0.1, -0.05) is 51.3 Å². The molecule has 5 heteroatoms. The summed E-state index contributed by atoms with van der Waals surface area (Å²) in [6, 6.07) is 0. The third-order valence-corrected chi connectivity index (χ3v) is 3.51. The van der Waals surface area contributed by atoms with Gasteiger partial charge >= 0.3 is 0 Å². The number of thioether (sulfide) groups is 1. The second-order valence-electron chi connectivity index (χ2n) is 4.70. The second-order valence-corrected chi connectivity index (χ2v) is 5.77. The fourth-order valence-electron chi connectivity index (χ4n) is 1.63. The predicted molar refractivity (Wildman–Crippen MR) is 86.5 cm³/mol. The van der Waals surface area contributed by atoms with Crippen LogP contribution in [0.15, 0.2) is 0 Å². The lowest BCUT2D eigenvalue weighted by Gasteiger charge is -2.06. The standard InChI is InChI=1S/C15H31NO3S/c1-3-5-6-7-8-9-16-15(17)20-14-13-19-12-11-18-10-4-2/h3-14H2,1-2H3,(H,16,17). The van der Waals surface area contributed by atoms with Gasteiger partial charge in [0.2, 0.25) is 0 Å². The predicted octanol–water partition coefficient (Wildman–Crippen LogP) is 3.84. The van der Waals surface area contributed by atoms with Crippen LogP contribution in [0.5, 0.6) is 0 Å². The van der Waals surface area contributed by atoms with Crippen molar-refractivity contribution >= 4 is 17.0 Å². The summed E-state index contributed by atoms with van der Waals surface area (Å²) in [5, 5.41) is 2.98. The normalized spacial score (nSPS) is 10.7. The molecule has 0 aliphatic carbocycles. The number of unbranched alkanes of at least 4 members (excludes halogenated alkanes) is 4. The Morgan fingerprint density at radius 3 is 2.30 bits per heavy atom. The zero-order valence-corrected chi connectivity index (χ0v) is 13.9. The molecule has 0 fully saturated rings. The molecule has 0 saturated carbocycles. The zero-order chi connectivity index (χ0) is 14.9. The monoisotopic (exact) mass is 305 g/mol. The van der Waals surface area contributed by atoms with Crippen molar-refractivity contribution in [2.75, 3.05) is 38.7 Å². The molecule has 0 aromatic carbocycles. The summed E-state index contributed by atoms with van der Waals surface area (Å²) in [5.74, 6) is 0.704. The van der Waals surface area contributed by atoms with Gasteiger partial charge in [0, 0.05) is 18.9 Å². The molecule has 1 N–H and O–H groups in total. The summed E-state index contributed by atoms with van der Waals surface area (Å²) < 4.78 is 10.7. The summed E-state index contributed by atoms with van der Waals surface area (Å²) in [7, 11) is 0. The van der Waals surface area contributed by atoms with Crippen molar-refractivity contribution in [3.8, 4) is 0 Å². The Kier molecular flexibility index (Phi) is 16.6. The molecule has 0 bridgehead atoms. The van der Waals surface area contributed by atoms with Gasteiger partial charge in [-0.15, -0.1) is 0 Å². The van der Waals surface area contributed by atoms with Gasteiger partial charge in [0.05, 0.1) is 19.8 Å². The first-order valence-electron chi connectivity index (χ1n) is 7.87. The van der Waals surface area contributed by atoms with Crippen molar-refractivity contribution in [1.82, 2.24) is 5.32 Å². The molecule has 0 aliphatic rings.